The van der Waals surface area contributed by atoms with Crippen molar-refractivity contribution in [1.82, 2.24) is 15.0 Å². The van der Waals surface area contributed by atoms with Gasteiger partial charge >= 0.3 is 0 Å². The Balaban J connectivity index is 1.38. The summed E-state index contributed by atoms with van der Waals surface area (Å²) >= 11 is 0. The Morgan fingerprint density at radius 3 is 1.88 bits per heavy atom. The molecule has 4 atom stereocenters. The number of hydrogen-bond donors (Lipinski definition) is 7. The molecule has 1 aromatic heterocycles. The largest absolute Gasteiger partial charge is 0.506 e. The first-order valence-electron chi connectivity index (χ1n) is 13.5. The first-order chi connectivity index (χ1) is 19.7. The SMILES string of the molecule is COc1ccc(C(=O)Nc2ccc(Nc3nc(N4C[C@H](N)C[C@H](N)C4)nc(N4C[C@H](N)C[C@H](N)C4)n3)cc2O)cc1. The Morgan fingerprint density at radius 1 is 0.854 bits per heavy atom. The number of phenols is 1. The van der Waals surface area contributed by atoms with Crippen LogP contribution in [0.2, 0.25) is 0 Å². The molecule has 2 aliphatic heterocycles. The van der Waals surface area contributed by atoms with Gasteiger partial charge in [-0.15, -0.1) is 0 Å². The van der Waals surface area contributed by atoms with Gasteiger partial charge in [0.05, 0.1) is 12.8 Å². The number of phenolic OH excluding ortho intramolecular Hbond substituents is 1. The van der Waals surface area contributed by atoms with Crippen LogP contribution in [0.3, 0.4) is 0 Å². The molecule has 2 aliphatic rings. The predicted molar refractivity (Wildman–Crippen MR) is 158 cm³/mol. The average Bonchev–Trinajstić information content (AvgIpc) is 2.93. The molecular weight excluding hydrogens is 526 g/mol. The first-order valence-corrected chi connectivity index (χ1v) is 13.5. The van der Waals surface area contributed by atoms with Crippen molar-refractivity contribution in [3.05, 3.63) is 48.0 Å². The minimum atomic E-state index is -0.369. The summed E-state index contributed by atoms with van der Waals surface area (Å²) in [4.78, 5) is 30.6. The summed E-state index contributed by atoms with van der Waals surface area (Å²) < 4.78 is 5.13. The Labute approximate surface area is 238 Å². The fourth-order valence-electron chi connectivity index (χ4n) is 5.16. The second kappa shape index (κ2) is 12.1. The maximum Gasteiger partial charge on any atom is 0.255 e. The standard InChI is InChI=1S/C27H37N11O3/c1-41-21-5-2-15(3-6-21)24(40)33-22-7-4-20(10-23(22)39)32-25-34-26(37-11-16(28)8-17(29)12-37)36-27(35-25)38-13-18(30)9-19(31)14-38/h2-7,10,16-19,39H,8-9,11-14,28-31H2,1H3,(H,33,40)(H,32,34,35,36)/t16-,17+,18-,19+. The van der Waals surface area contributed by atoms with Crippen LogP contribution >= 0.6 is 0 Å². The summed E-state index contributed by atoms with van der Waals surface area (Å²) in [5.41, 5.74) is 26.1. The average molecular weight is 564 g/mol. The van der Waals surface area contributed by atoms with Crippen LogP contribution < -0.4 is 48.1 Å². The number of benzene rings is 2. The molecule has 0 aliphatic carbocycles. The highest BCUT2D eigenvalue weighted by molar-refractivity contribution is 6.05. The molecule has 14 nitrogen and oxygen atoms in total. The maximum atomic E-state index is 12.7. The number of carbonyl (C=O) groups excluding carboxylic acids is 1. The Bertz CT molecular complexity index is 1310. The molecule has 11 N–H and O–H groups in total. The monoisotopic (exact) mass is 563 g/mol. The fraction of sp³-hybridized carbons (Fsp3) is 0.407. The van der Waals surface area contributed by atoms with Crippen molar-refractivity contribution in [2.75, 3.05) is 53.7 Å². The van der Waals surface area contributed by atoms with Crippen molar-refractivity contribution < 1.29 is 14.6 Å². The van der Waals surface area contributed by atoms with Gasteiger partial charge in [0.25, 0.3) is 5.91 Å². The Morgan fingerprint density at radius 2 is 1.39 bits per heavy atom. The number of rotatable bonds is 7. The normalized spacial score (nSPS) is 22.8. The van der Waals surface area contributed by atoms with E-state index in [0.717, 1.165) is 12.8 Å². The molecule has 3 aromatic rings. The number of nitrogens with zero attached hydrogens (tertiary/aromatic N) is 5. The van der Waals surface area contributed by atoms with Crippen LogP contribution in [-0.4, -0.2) is 83.4 Å². The fourth-order valence-corrected chi connectivity index (χ4v) is 5.16. The van der Waals surface area contributed by atoms with Crippen LogP contribution in [0.25, 0.3) is 0 Å². The highest BCUT2D eigenvalue weighted by Gasteiger charge is 2.29. The summed E-state index contributed by atoms with van der Waals surface area (Å²) in [5.74, 6) is 1.27. The van der Waals surface area contributed by atoms with E-state index in [1.807, 2.05) is 9.80 Å². The minimum Gasteiger partial charge on any atom is -0.506 e. The number of anilines is 5. The number of methoxy groups -OCH3 is 1. The minimum absolute atomic E-state index is 0.107. The molecule has 2 saturated heterocycles. The number of hydrogen-bond acceptors (Lipinski definition) is 13. The van der Waals surface area contributed by atoms with E-state index in [9.17, 15) is 9.90 Å². The number of carbonyl (C=O) groups is 1. The first kappa shape index (κ1) is 28.3. The van der Waals surface area contributed by atoms with Gasteiger partial charge < -0.3 is 53.2 Å². The zero-order valence-electron chi connectivity index (χ0n) is 22.9. The number of aromatic nitrogens is 3. The van der Waals surface area contributed by atoms with Gasteiger partial charge in [0, 0.05) is 67.7 Å². The second-order valence-corrected chi connectivity index (χ2v) is 10.6. The Kier molecular flexibility index (Phi) is 8.35. The summed E-state index contributed by atoms with van der Waals surface area (Å²) in [5, 5.41) is 16.5. The number of ether oxygens (including phenoxy) is 1. The van der Waals surface area contributed by atoms with E-state index in [4.69, 9.17) is 32.7 Å². The van der Waals surface area contributed by atoms with Crippen LogP contribution in [0, 0.1) is 0 Å². The molecule has 2 aromatic carbocycles. The number of nitrogens with two attached hydrogens (primary N) is 4. The van der Waals surface area contributed by atoms with Gasteiger partial charge in [-0.3, -0.25) is 4.79 Å². The van der Waals surface area contributed by atoms with Gasteiger partial charge in [-0.2, -0.15) is 15.0 Å². The number of aromatic hydroxyl groups is 1. The van der Waals surface area contributed by atoms with Gasteiger partial charge in [0.2, 0.25) is 17.8 Å². The highest BCUT2D eigenvalue weighted by Crippen LogP contribution is 2.30. The molecule has 2 fully saturated rings. The molecule has 0 radical (unpaired) electrons. The number of nitrogens with one attached hydrogen (secondary N) is 2. The Hall–Kier alpha value is -4.24. The zero-order chi connectivity index (χ0) is 29.1. The molecular formula is C27H37N11O3. The third-order valence-electron chi connectivity index (χ3n) is 7.06. The lowest BCUT2D eigenvalue weighted by Gasteiger charge is -2.37. The van der Waals surface area contributed by atoms with Gasteiger partial charge in [-0.1, -0.05) is 0 Å². The van der Waals surface area contributed by atoms with Crippen molar-refractivity contribution in [2.24, 2.45) is 22.9 Å². The van der Waals surface area contributed by atoms with Crippen LogP contribution in [0.15, 0.2) is 42.5 Å². The molecule has 0 bridgehead atoms. The molecule has 14 heteroatoms. The van der Waals surface area contributed by atoms with Gasteiger partial charge in [0.1, 0.15) is 11.5 Å². The summed E-state index contributed by atoms with van der Waals surface area (Å²) in [7, 11) is 1.55. The van der Waals surface area contributed by atoms with Crippen LogP contribution in [0.1, 0.15) is 23.2 Å². The second-order valence-electron chi connectivity index (χ2n) is 10.6. The van der Waals surface area contributed by atoms with Crippen molar-refractivity contribution in [2.45, 2.75) is 37.0 Å². The van der Waals surface area contributed by atoms with Gasteiger partial charge in [0.15, 0.2) is 0 Å². The molecule has 218 valence electrons. The molecule has 0 saturated carbocycles. The molecule has 5 rings (SSSR count). The van der Waals surface area contributed by atoms with Crippen molar-refractivity contribution in [3.8, 4) is 11.5 Å². The molecule has 0 spiro atoms. The van der Waals surface area contributed by atoms with E-state index >= 15 is 0 Å². The van der Waals surface area contributed by atoms with E-state index in [2.05, 4.69) is 20.6 Å². The van der Waals surface area contributed by atoms with E-state index in [0.29, 0.717) is 55.1 Å². The van der Waals surface area contributed by atoms with Crippen LogP contribution in [0.5, 0.6) is 11.5 Å². The molecule has 41 heavy (non-hydrogen) atoms. The smallest absolute Gasteiger partial charge is 0.255 e. The molecule has 3 heterocycles. The number of amides is 1. The van der Waals surface area contributed by atoms with Crippen molar-refractivity contribution in [3.63, 3.8) is 0 Å². The highest BCUT2D eigenvalue weighted by atomic mass is 16.5. The summed E-state index contributed by atoms with van der Waals surface area (Å²) in [6.07, 6.45) is 1.44. The lowest BCUT2D eigenvalue weighted by Crippen LogP contribution is -2.54. The topological polar surface area (TPSA) is 220 Å². The third kappa shape index (κ3) is 6.92. The van der Waals surface area contributed by atoms with Crippen LogP contribution in [-0.2, 0) is 0 Å². The maximum absolute atomic E-state index is 12.7. The number of piperidine rings is 2. The van der Waals surface area contributed by atoms with Crippen LogP contribution in [0.4, 0.5) is 29.2 Å². The van der Waals surface area contributed by atoms with E-state index in [1.54, 1.807) is 43.5 Å². The lowest BCUT2D eigenvalue weighted by molar-refractivity contribution is 0.102. The van der Waals surface area contributed by atoms with E-state index < -0.39 is 0 Å². The lowest BCUT2D eigenvalue weighted by atomic mass is 10.0. The third-order valence-corrected chi connectivity index (χ3v) is 7.06. The van der Waals surface area contributed by atoms with E-state index in [-0.39, 0.29) is 47.5 Å². The summed E-state index contributed by atoms with van der Waals surface area (Å²) in [6.45, 7) is 2.22. The van der Waals surface area contributed by atoms with Gasteiger partial charge in [-0.05, 0) is 49.2 Å². The predicted octanol–water partition coefficient (Wildman–Crippen LogP) is 0.311. The van der Waals surface area contributed by atoms with E-state index in [1.165, 1.54) is 6.07 Å². The summed E-state index contributed by atoms with van der Waals surface area (Å²) in [6, 6.07) is 11.0. The quantitative estimate of drug-likeness (QED) is 0.193. The molecule has 0 unspecified atom stereocenters. The van der Waals surface area contributed by atoms with Crippen molar-refractivity contribution >= 4 is 35.1 Å². The zero-order valence-corrected chi connectivity index (χ0v) is 22.9. The molecule has 1 amide bonds. The van der Waals surface area contributed by atoms with Crippen molar-refractivity contribution in [1.29, 1.82) is 0 Å². The van der Waals surface area contributed by atoms with Gasteiger partial charge in [-0.25, -0.2) is 0 Å².